The van der Waals surface area contributed by atoms with E-state index in [0.29, 0.717) is 6.92 Å². The highest BCUT2D eigenvalue weighted by Crippen LogP contribution is 2.37. The molecular formula is C3H5F3O3S-2. The highest BCUT2D eigenvalue weighted by Gasteiger charge is 2.41. The molecule has 0 atom stereocenters. The van der Waals surface area contributed by atoms with Crippen LogP contribution in [0.2, 0.25) is 0 Å². The van der Waals surface area contributed by atoms with Crippen molar-refractivity contribution in [1.29, 1.82) is 0 Å². The van der Waals surface area contributed by atoms with Crippen LogP contribution in [0, 0.1) is 0 Å². The molecular weight excluding hydrogens is 173 g/mol. The van der Waals surface area contributed by atoms with Gasteiger partial charge in [0.15, 0.2) is 0 Å². The lowest BCUT2D eigenvalue weighted by Gasteiger charge is -2.54. The highest BCUT2D eigenvalue weighted by atomic mass is 32.3. The number of alkyl halides is 3. The maximum atomic E-state index is 11.3. The van der Waals surface area contributed by atoms with E-state index in [1.54, 1.807) is 0 Å². The number of rotatable bonds is 1. The molecule has 10 heavy (non-hydrogen) atoms. The third-order valence-corrected chi connectivity index (χ3v) is 2.84. The Morgan fingerprint density at radius 2 is 1.70 bits per heavy atom. The number of hydrogen-bond acceptors (Lipinski definition) is 3. The Bertz CT molecular complexity index is 190. The molecule has 0 rings (SSSR count). The lowest BCUT2D eigenvalue weighted by atomic mass is 11.0. The van der Waals surface area contributed by atoms with E-state index in [2.05, 4.69) is 0 Å². The van der Waals surface area contributed by atoms with Crippen molar-refractivity contribution >= 4 is 9.63 Å². The highest BCUT2D eigenvalue weighted by molar-refractivity contribution is 8.10. The molecule has 0 aromatic carbocycles. The van der Waals surface area contributed by atoms with Crippen molar-refractivity contribution in [2.24, 2.45) is 0 Å². The van der Waals surface area contributed by atoms with E-state index < -0.39 is 20.9 Å². The summed E-state index contributed by atoms with van der Waals surface area (Å²) in [5.74, 6) is -1.46. The van der Waals surface area contributed by atoms with Crippen LogP contribution in [-0.2, 0) is 9.63 Å². The van der Waals surface area contributed by atoms with E-state index in [-0.39, 0.29) is 0 Å². The minimum atomic E-state index is -6.85. The third-order valence-electron chi connectivity index (χ3n) is 0.945. The van der Waals surface area contributed by atoms with E-state index >= 15 is 0 Å². The Morgan fingerprint density at radius 3 is 1.70 bits per heavy atom. The van der Waals surface area contributed by atoms with Gasteiger partial charge in [-0.1, -0.05) is 6.92 Å². The minimum Gasteiger partial charge on any atom is -0.792 e. The summed E-state index contributed by atoms with van der Waals surface area (Å²) in [6, 6.07) is 0. The zero-order valence-electron chi connectivity index (χ0n) is 4.97. The summed E-state index contributed by atoms with van der Waals surface area (Å²) < 4.78 is 63.8. The van der Waals surface area contributed by atoms with Gasteiger partial charge in [0.1, 0.15) is 0 Å². The number of halogens is 3. The average Bonchev–Trinajstić information content (AvgIpc) is 1.62. The van der Waals surface area contributed by atoms with Gasteiger partial charge in [-0.2, -0.15) is 13.2 Å². The van der Waals surface area contributed by atoms with Crippen LogP contribution < -0.4 is 0 Å². The van der Waals surface area contributed by atoms with E-state index in [1.807, 2.05) is 0 Å². The van der Waals surface area contributed by atoms with Crippen molar-refractivity contribution in [3.63, 3.8) is 0 Å². The molecule has 0 radical (unpaired) electrons. The molecule has 0 aliphatic heterocycles. The molecule has 64 valence electrons. The lowest BCUT2D eigenvalue weighted by molar-refractivity contribution is -0.0664. The van der Waals surface area contributed by atoms with Gasteiger partial charge in [-0.25, -0.2) is 0 Å². The Labute approximate surface area is 55.3 Å². The van der Waals surface area contributed by atoms with Gasteiger partial charge < -0.3 is 13.3 Å². The first kappa shape index (κ1) is 9.86. The van der Waals surface area contributed by atoms with Crippen molar-refractivity contribution in [1.82, 2.24) is 0 Å². The summed E-state index contributed by atoms with van der Waals surface area (Å²) >= 11 is 0. The molecule has 3 nitrogen and oxygen atoms in total. The molecule has 0 aromatic heterocycles. The van der Waals surface area contributed by atoms with Gasteiger partial charge in [-0.15, -0.1) is 9.63 Å². The second-order valence-corrected chi connectivity index (χ2v) is 4.63. The largest absolute Gasteiger partial charge is 0.792 e. The molecule has 0 heterocycles. The zero-order valence-corrected chi connectivity index (χ0v) is 5.79. The monoisotopic (exact) mass is 178 g/mol. The third kappa shape index (κ3) is 1.47. The van der Waals surface area contributed by atoms with Gasteiger partial charge in [0, 0.05) is 0 Å². The first-order chi connectivity index (χ1) is 4.09. The van der Waals surface area contributed by atoms with E-state index in [0.717, 1.165) is 0 Å². The van der Waals surface area contributed by atoms with Crippen LogP contribution in [0.5, 0.6) is 0 Å². The van der Waals surface area contributed by atoms with Crippen LogP contribution in [0.4, 0.5) is 13.2 Å². The molecule has 0 fully saturated rings. The van der Waals surface area contributed by atoms with Crippen LogP contribution in [0.15, 0.2) is 0 Å². The van der Waals surface area contributed by atoms with Crippen molar-refractivity contribution in [2.75, 3.05) is 5.75 Å². The Hall–Kier alpha value is -0.140. The van der Waals surface area contributed by atoms with Crippen LogP contribution in [0.3, 0.4) is 0 Å². The van der Waals surface area contributed by atoms with Gasteiger partial charge in [-0.05, 0) is 5.75 Å². The Morgan fingerprint density at radius 1 is 1.40 bits per heavy atom. The quantitative estimate of drug-likeness (QED) is 0.590. The zero-order chi connectivity index (χ0) is 8.65. The number of hydrogen-bond donors (Lipinski definition) is 0. The summed E-state index contributed by atoms with van der Waals surface area (Å²) in [7, 11) is -6.85. The maximum absolute atomic E-state index is 11.3. The Kier molecular flexibility index (Phi) is 1.90. The first-order valence-electron chi connectivity index (χ1n) is 2.27. The molecule has 0 aliphatic carbocycles. The molecule has 0 spiro atoms. The predicted molar refractivity (Wildman–Crippen MR) is 26.3 cm³/mol. The van der Waals surface area contributed by atoms with Crippen molar-refractivity contribution in [2.45, 2.75) is 12.4 Å². The first-order valence-corrected chi connectivity index (χ1v) is 4.25. The summed E-state index contributed by atoms with van der Waals surface area (Å²) in [4.78, 5) is 0. The molecule has 0 unspecified atom stereocenters. The molecule has 0 bridgehead atoms. The van der Waals surface area contributed by atoms with Gasteiger partial charge in [-0.3, -0.25) is 0 Å². The topological polar surface area (TPSA) is 63.2 Å². The van der Waals surface area contributed by atoms with Crippen molar-refractivity contribution < 1.29 is 26.5 Å². The fourth-order valence-corrected chi connectivity index (χ4v) is 0.491. The smallest absolute Gasteiger partial charge is 0.428 e. The van der Waals surface area contributed by atoms with Gasteiger partial charge in [0.2, 0.25) is 0 Å². The van der Waals surface area contributed by atoms with E-state index in [9.17, 15) is 26.5 Å². The van der Waals surface area contributed by atoms with E-state index in [4.69, 9.17) is 0 Å². The van der Waals surface area contributed by atoms with Crippen LogP contribution in [0.1, 0.15) is 6.92 Å². The van der Waals surface area contributed by atoms with Gasteiger partial charge in [0.25, 0.3) is 0 Å². The average molecular weight is 178 g/mol. The van der Waals surface area contributed by atoms with Crippen LogP contribution in [0.25, 0.3) is 0 Å². The van der Waals surface area contributed by atoms with Gasteiger partial charge in [0.05, 0.1) is 0 Å². The second-order valence-electron chi connectivity index (χ2n) is 1.69. The Balaban J connectivity index is 4.91. The minimum absolute atomic E-state index is 0.655. The molecule has 7 heteroatoms. The predicted octanol–water partition coefficient (Wildman–Crippen LogP) is 0.607. The molecule has 0 amide bonds. The summed E-state index contributed by atoms with van der Waals surface area (Å²) in [6.07, 6.45) is 0. The summed E-state index contributed by atoms with van der Waals surface area (Å²) in [5, 5.41) is 0. The van der Waals surface area contributed by atoms with E-state index in [1.165, 1.54) is 0 Å². The number of sulfone groups is 3. The van der Waals surface area contributed by atoms with Gasteiger partial charge >= 0.3 is 5.51 Å². The summed E-state index contributed by atoms with van der Waals surface area (Å²) in [6.45, 7) is 0.655. The molecule has 0 saturated carbocycles. The maximum Gasteiger partial charge on any atom is 0.428 e. The standard InChI is InChI=1S/C3H7F3O3S/c1-2-10(7,8,9)3(4,5)6/h2H2,1H3,(H2,7,8,9)/p-2. The summed E-state index contributed by atoms with van der Waals surface area (Å²) in [5.41, 5.74) is -5.67. The van der Waals surface area contributed by atoms with Crippen molar-refractivity contribution in [3.05, 3.63) is 0 Å². The van der Waals surface area contributed by atoms with Crippen molar-refractivity contribution in [3.8, 4) is 0 Å². The SMILES string of the molecule is CCS(=O)([O-])([O-])C(F)(F)F. The molecule has 0 saturated heterocycles. The second kappa shape index (κ2) is 1.93. The molecule has 0 aromatic rings. The molecule has 0 N–H and O–H groups in total. The van der Waals surface area contributed by atoms with Crippen LogP contribution >= 0.6 is 0 Å². The fraction of sp³-hybridized carbons (Fsp3) is 1.00. The molecule has 0 aliphatic rings. The van der Waals surface area contributed by atoms with Crippen LogP contribution in [-0.4, -0.2) is 24.6 Å². The fourth-order valence-electron chi connectivity index (χ4n) is 0.164. The normalized spacial score (nSPS) is 18.0. The lowest BCUT2D eigenvalue weighted by Crippen LogP contribution is -2.49.